The van der Waals surface area contributed by atoms with Gasteiger partial charge in [0.2, 0.25) is 0 Å². The minimum atomic E-state index is 0.275. The largest absolute Gasteiger partial charge is 0.496 e. The molecule has 0 spiro atoms. The Balaban J connectivity index is 1.81. The molecule has 1 aliphatic carbocycles. The summed E-state index contributed by atoms with van der Waals surface area (Å²) < 4.78 is 5.49. The molecule has 21 heavy (non-hydrogen) atoms. The van der Waals surface area contributed by atoms with Crippen molar-refractivity contribution in [2.45, 2.75) is 38.3 Å². The Morgan fingerprint density at radius 2 is 1.86 bits per heavy atom. The maximum absolute atomic E-state index is 5.49. The van der Waals surface area contributed by atoms with E-state index in [1.807, 2.05) is 12.1 Å². The molecule has 1 aliphatic rings. The van der Waals surface area contributed by atoms with Gasteiger partial charge in [-0.3, -0.25) is 0 Å². The number of aryl methyl sites for hydroxylation is 1. The van der Waals surface area contributed by atoms with E-state index in [1.54, 1.807) is 7.11 Å². The van der Waals surface area contributed by atoms with E-state index >= 15 is 0 Å². The lowest BCUT2D eigenvalue weighted by Gasteiger charge is -2.30. The smallest absolute Gasteiger partial charge is 0.123 e. The van der Waals surface area contributed by atoms with Crippen LogP contribution in [0.25, 0.3) is 0 Å². The lowest BCUT2D eigenvalue weighted by atomic mass is 9.87. The lowest BCUT2D eigenvalue weighted by molar-refractivity contribution is 0.382. The number of benzene rings is 2. The van der Waals surface area contributed by atoms with Crippen molar-refractivity contribution in [1.29, 1.82) is 0 Å². The van der Waals surface area contributed by atoms with E-state index in [4.69, 9.17) is 4.74 Å². The molecule has 0 saturated heterocycles. The van der Waals surface area contributed by atoms with Crippen LogP contribution in [0.15, 0.2) is 48.5 Å². The maximum atomic E-state index is 5.49. The summed E-state index contributed by atoms with van der Waals surface area (Å²) >= 11 is 0. The fourth-order valence-corrected chi connectivity index (χ4v) is 3.34. The van der Waals surface area contributed by atoms with Gasteiger partial charge >= 0.3 is 0 Å². The van der Waals surface area contributed by atoms with Crippen molar-refractivity contribution in [2.24, 2.45) is 0 Å². The Morgan fingerprint density at radius 1 is 1.10 bits per heavy atom. The summed E-state index contributed by atoms with van der Waals surface area (Å²) in [5.41, 5.74) is 4.18. The number of fused-ring (bicyclic) bond motifs is 1. The van der Waals surface area contributed by atoms with Gasteiger partial charge < -0.3 is 10.1 Å². The van der Waals surface area contributed by atoms with E-state index < -0.39 is 0 Å². The van der Waals surface area contributed by atoms with Gasteiger partial charge in [0.25, 0.3) is 0 Å². The molecule has 0 heterocycles. The summed E-state index contributed by atoms with van der Waals surface area (Å²) in [4.78, 5) is 0. The van der Waals surface area contributed by atoms with Gasteiger partial charge in [-0.15, -0.1) is 0 Å². The van der Waals surface area contributed by atoms with Crippen LogP contribution < -0.4 is 10.1 Å². The molecular formula is C19H23NO. The molecule has 2 aromatic carbocycles. The Kier molecular flexibility index (Phi) is 4.26. The summed E-state index contributed by atoms with van der Waals surface area (Å²) in [5, 5.41) is 3.79. The van der Waals surface area contributed by atoms with Crippen molar-refractivity contribution in [3.63, 3.8) is 0 Å². The standard InChI is InChI=1S/C19H23NO/c1-14(16-10-5-6-13-19(16)21-2)20-18-12-7-9-15-8-3-4-11-17(15)18/h3-6,8,10-11,13-14,18,20H,7,9,12H2,1-2H3/t14-,18?/m1/s1. The first-order chi connectivity index (χ1) is 10.3. The third kappa shape index (κ3) is 2.96. The zero-order valence-electron chi connectivity index (χ0n) is 12.8. The average molecular weight is 281 g/mol. The molecule has 0 aromatic heterocycles. The molecular weight excluding hydrogens is 258 g/mol. The molecule has 2 aromatic rings. The zero-order chi connectivity index (χ0) is 14.7. The summed E-state index contributed by atoms with van der Waals surface area (Å²) in [5.74, 6) is 0.960. The van der Waals surface area contributed by atoms with Crippen LogP contribution in [0.2, 0.25) is 0 Å². The number of rotatable bonds is 4. The Bertz CT molecular complexity index is 608. The van der Waals surface area contributed by atoms with Crippen LogP contribution in [0.4, 0.5) is 0 Å². The third-order valence-corrected chi connectivity index (χ3v) is 4.43. The summed E-state index contributed by atoms with van der Waals surface area (Å²) in [6, 6.07) is 17.8. The number of hydrogen-bond donors (Lipinski definition) is 1. The molecule has 1 unspecified atom stereocenters. The predicted octanol–water partition coefficient (Wildman–Crippen LogP) is 4.42. The Hall–Kier alpha value is -1.80. The van der Waals surface area contributed by atoms with Crippen LogP contribution in [0.5, 0.6) is 5.75 Å². The van der Waals surface area contributed by atoms with Gasteiger partial charge in [-0.1, -0.05) is 42.5 Å². The van der Waals surface area contributed by atoms with Crippen molar-refractivity contribution in [1.82, 2.24) is 5.32 Å². The quantitative estimate of drug-likeness (QED) is 0.895. The average Bonchev–Trinajstić information content (AvgIpc) is 2.55. The van der Waals surface area contributed by atoms with Crippen LogP contribution >= 0.6 is 0 Å². The first kappa shape index (κ1) is 14.2. The highest BCUT2D eigenvalue weighted by Crippen LogP contribution is 2.33. The maximum Gasteiger partial charge on any atom is 0.123 e. The summed E-state index contributed by atoms with van der Waals surface area (Å²) in [7, 11) is 1.74. The van der Waals surface area contributed by atoms with Gasteiger partial charge in [0.15, 0.2) is 0 Å². The van der Waals surface area contributed by atoms with E-state index in [9.17, 15) is 0 Å². The molecule has 2 nitrogen and oxygen atoms in total. The lowest BCUT2D eigenvalue weighted by Crippen LogP contribution is -2.28. The fraction of sp³-hybridized carbons (Fsp3) is 0.368. The number of para-hydroxylation sites is 1. The van der Waals surface area contributed by atoms with E-state index in [-0.39, 0.29) is 6.04 Å². The molecule has 0 bridgehead atoms. The highest BCUT2D eigenvalue weighted by molar-refractivity contribution is 5.37. The number of methoxy groups -OCH3 is 1. The van der Waals surface area contributed by atoms with Crippen molar-refractivity contribution in [3.8, 4) is 5.75 Å². The first-order valence-electron chi connectivity index (χ1n) is 7.76. The highest BCUT2D eigenvalue weighted by atomic mass is 16.5. The molecule has 2 atom stereocenters. The van der Waals surface area contributed by atoms with Gasteiger partial charge in [0.05, 0.1) is 7.11 Å². The molecule has 0 radical (unpaired) electrons. The topological polar surface area (TPSA) is 21.3 Å². The van der Waals surface area contributed by atoms with E-state index in [0.29, 0.717) is 6.04 Å². The van der Waals surface area contributed by atoms with Gasteiger partial charge in [-0.05, 0) is 43.4 Å². The number of nitrogens with one attached hydrogen (secondary N) is 1. The predicted molar refractivity (Wildman–Crippen MR) is 86.7 cm³/mol. The van der Waals surface area contributed by atoms with Gasteiger partial charge in [0, 0.05) is 17.6 Å². The number of hydrogen-bond acceptors (Lipinski definition) is 2. The second-order valence-electron chi connectivity index (χ2n) is 5.77. The molecule has 0 aliphatic heterocycles. The van der Waals surface area contributed by atoms with Crippen molar-refractivity contribution in [2.75, 3.05) is 7.11 Å². The highest BCUT2D eigenvalue weighted by Gasteiger charge is 2.22. The molecule has 0 amide bonds. The zero-order valence-corrected chi connectivity index (χ0v) is 12.8. The molecule has 0 fully saturated rings. The van der Waals surface area contributed by atoms with E-state index in [1.165, 1.54) is 36.0 Å². The fourth-order valence-electron chi connectivity index (χ4n) is 3.34. The van der Waals surface area contributed by atoms with Gasteiger partial charge in [0.1, 0.15) is 5.75 Å². The summed E-state index contributed by atoms with van der Waals surface area (Å²) in [6.45, 7) is 2.22. The first-order valence-corrected chi connectivity index (χ1v) is 7.76. The van der Waals surface area contributed by atoms with Gasteiger partial charge in [-0.25, -0.2) is 0 Å². The summed E-state index contributed by atoms with van der Waals surface area (Å²) in [6.07, 6.45) is 3.67. The third-order valence-electron chi connectivity index (χ3n) is 4.43. The normalized spacial score (nSPS) is 18.9. The van der Waals surface area contributed by atoms with Crippen LogP contribution in [0.3, 0.4) is 0 Å². The molecule has 110 valence electrons. The molecule has 0 saturated carbocycles. The minimum Gasteiger partial charge on any atom is -0.496 e. The van der Waals surface area contributed by atoms with E-state index in [0.717, 1.165) is 5.75 Å². The van der Waals surface area contributed by atoms with Crippen LogP contribution in [-0.2, 0) is 6.42 Å². The van der Waals surface area contributed by atoms with Crippen molar-refractivity contribution in [3.05, 3.63) is 65.2 Å². The second-order valence-corrected chi connectivity index (χ2v) is 5.77. The van der Waals surface area contributed by atoms with Crippen LogP contribution in [0.1, 0.15) is 48.5 Å². The second kappa shape index (κ2) is 6.31. The van der Waals surface area contributed by atoms with Crippen LogP contribution in [-0.4, -0.2) is 7.11 Å². The van der Waals surface area contributed by atoms with Gasteiger partial charge in [-0.2, -0.15) is 0 Å². The molecule has 3 rings (SSSR count). The molecule has 1 N–H and O–H groups in total. The Labute approximate surface area is 127 Å². The Morgan fingerprint density at radius 3 is 2.71 bits per heavy atom. The van der Waals surface area contributed by atoms with Crippen molar-refractivity contribution < 1.29 is 4.74 Å². The monoisotopic (exact) mass is 281 g/mol. The minimum absolute atomic E-state index is 0.275. The van der Waals surface area contributed by atoms with Crippen molar-refractivity contribution >= 4 is 0 Å². The molecule has 2 heteroatoms. The number of ether oxygens (including phenoxy) is 1. The van der Waals surface area contributed by atoms with E-state index in [2.05, 4.69) is 48.6 Å². The SMILES string of the molecule is COc1ccccc1[C@@H](C)NC1CCCc2ccccc21. The van der Waals surface area contributed by atoms with Crippen LogP contribution in [0, 0.1) is 0 Å².